The predicted octanol–water partition coefficient (Wildman–Crippen LogP) is 6.89. The molecule has 1 aliphatic carbocycles. The van der Waals surface area contributed by atoms with E-state index in [1.165, 1.54) is 12.1 Å². The highest BCUT2D eigenvalue weighted by Gasteiger charge is 2.45. The molecule has 0 spiro atoms. The van der Waals surface area contributed by atoms with Crippen LogP contribution in [0.3, 0.4) is 0 Å². The number of rotatable bonds is 12. The van der Waals surface area contributed by atoms with Crippen molar-refractivity contribution >= 4 is 11.0 Å². The second kappa shape index (κ2) is 11.6. The molecular weight excluding hydrogens is 544 g/mol. The van der Waals surface area contributed by atoms with E-state index in [0.717, 1.165) is 31.0 Å². The van der Waals surface area contributed by atoms with Gasteiger partial charge in [0.25, 0.3) is 0 Å². The fourth-order valence-corrected chi connectivity index (χ4v) is 4.90. The molecule has 39 heavy (non-hydrogen) atoms. The Kier molecular flexibility index (Phi) is 8.60. The molecule has 1 saturated carbocycles. The summed E-state index contributed by atoms with van der Waals surface area (Å²) in [5.74, 6) is -2.65. The molecular formula is C28H27F6NO3S. The minimum atomic E-state index is -4.89. The molecule has 0 bridgehead atoms. The third kappa shape index (κ3) is 6.94. The first-order chi connectivity index (χ1) is 18.4. The largest absolute Gasteiger partial charge is 0.487 e. The van der Waals surface area contributed by atoms with Crippen LogP contribution in [0.4, 0.5) is 26.3 Å². The zero-order valence-corrected chi connectivity index (χ0v) is 21.9. The zero-order chi connectivity index (χ0) is 28.4. The molecule has 0 aliphatic heterocycles. The summed E-state index contributed by atoms with van der Waals surface area (Å²) < 4.78 is 109. The quantitative estimate of drug-likeness (QED) is 0.241. The zero-order valence-electron chi connectivity index (χ0n) is 21.1. The Labute approximate surface area is 224 Å². The molecule has 1 N–H and O–H groups in total. The second-order valence-corrected chi connectivity index (χ2v) is 11.4. The highest BCUT2D eigenvalue weighted by Crippen LogP contribution is 2.40. The first-order valence-electron chi connectivity index (χ1n) is 12.2. The Balaban J connectivity index is 1.95. The van der Waals surface area contributed by atoms with Gasteiger partial charge in [0, 0.05) is 11.3 Å². The lowest BCUT2D eigenvalue weighted by Gasteiger charge is -2.37. The normalized spacial score (nSPS) is 16.3. The van der Waals surface area contributed by atoms with E-state index in [1.807, 2.05) is 0 Å². The van der Waals surface area contributed by atoms with Gasteiger partial charge in [0.2, 0.25) is 0 Å². The number of hydrogen-bond donors (Lipinski definition) is 1. The van der Waals surface area contributed by atoms with Crippen molar-refractivity contribution in [2.24, 2.45) is 0 Å². The van der Waals surface area contributed by atoms with Crippen LogP contribution < -0.4 is 14.2 Å². The van der Waals surface area contributed by atoms with Crippen molar-refractivity contribution in [2.45, 2.75) is 62.5 Å². The Morgan fingerprint density at radius 3 is 2.28 bits per heavy atom. The van der Waals surface area contributed by atoms with E-state index >= 15 is 0 Å². The summed E-state index contributed by atoms with van der Waals surface area (Å²) in [7, 11) is -1.78. The molecule has 0 saturated heterocycles. The molecule has 4 nitrogen and oxygen atoms in total. The van der Waals surface area contributed by atoms with Crippen molar-refractivity contribution in [1.29, 1.82) is 0 Å². The van der Waals surface area contributed by atoms with Gasteiger partial charge in [-0.3, -0.25) is 0 Å². The summed E-state index contributed by atoms with van der Waals surface area (Å²) in [6.07, 6.45) is -7.72. The van der Waals surface area contributed by atoms with Crippen LogP contribution in [0.25, 0.3) is 0 Å². The van der Waals surface area contributed by atoms with Crippen LogP contribution in [-0.4, -0.2) is 28.1 Å². The lowest BCUT2D eigenvalue weighted by atomic mass is 9.78. The fraction of sp³-hybridized carbons (Fsp3) is 0.357. The first kappa shape index (κ1) is 28.9. The topological polar surface area (TPSA) is 47.6 Å². The number of halogens is 6. The standard InChI is InChI=1S/C28H27F6NO3S/c1-17(2)39(36)35-27(16-18-6-4-3-5-7-18,19-8-11-24(30)25(14-19)37-22-9-10-22)20-12-21(29)15-23(13-20)38-28(33,34)26(31)32/h3-8,11-15,17,22,26,35H,9-10,16H2,1-2H3/t27-,39+/m1/s1. The maximum absolute atomic E-state index is 14.9. The average molecular weight is 572 g/mol. The van der Waals surface area contributed by atoms with E-state index in [9.17, 15) is 30.6 Å². The van der Waals surface area contributed by atoms with Crippen LogP contribution >= 0.6 is 0 Å². The van der Waals surface area contributed by atoms with Gasteiger partial charge in [0.05, 0.1) is 22.6 Å². The van der Waals surface area contributed by atoms with Crippen LogP contribution in [0.1, 0.15) is 43.4 Å². The first-order valence-corrected chi connectivity index (χ1v) is 13.5. The van der Waals surface area contributed by atoms with Crippen LogP contribution in [0.15, 0.2) is 66.7 Å². The lowest BCUT2D eigenvalue weighted by molar-refractivity contribution is -0.253. The molecule has 0 unspecified atom stereocenters. The van der Waals surface area contributed by atoms with Crippen LogP contribution in [0.5, 0.6) is 11.5 Å². The Morgan fingerprint density at radius 1 is 0.974 bits per heavy atom. The van der Waals surface area contributed by atoms with Gasteiger partial charge in [-0.1, -0.05) is 36.4 Å². The third-order valence-electron chi connectivity index (χ3n) is 6.13. The Hall–Kier alpha value is -3.05. The number of hydrogen-bond acceptors (Lipinski definition) is 3. The fourth-order valence-electron chi connectivity index (χ4n) is 4.01. The summed E-state index contributed by atoms with van der Waals surface area (Å²) >= 11 is 0. The molecule has 2 atom stereocenters. The van der Waals surface area contributed by atoms with Crippen molar-refractivity contribution in [3.8, 4) is 11.5 Å². The summed E-state index contributed by atoms with van der Waals surface area (Å²) in [5, 5.41) is -0.449. The number of ether oxygens (including phenoxy) is 2. The molecule has 0 radical (unpaired) electrons. The van der Waals surface area contributed by atoms with E-state index in [0.29, 0.717) is 11.6 Å². The molecule has 210 valence electrons. The molecule has 11 heteroatoms. The van der Waals surface area contributed by atoms with Crippen LogP contribution in [0, 0.1) is 11.6 Å². The van der Waals surface area contributed by atoms with E-state index < -0.39 is 51.7 Å². The van der Waals surface area contributed by atoms with Crippen molar-refractivity contribution < 1.29 is 40.0 Å². The maximum Gasteiger partial charge on any atom is 0.461 e. The van der Waals surface area contributed by atoms with E-state index in [2.05, 4.69) is 9.46 Å². The SMILES string of the molecule is CC(C)[S@](=O)N[C@@](Cc1ccccc1)(c1cc(F)cc(OC(F)(F)C(F)F)c1)c1ccc(F)c(OC2CC2)c1. The smallest absolute Gasteiger partial charge is 0.461 e. The van der Waals surface area contributed by atoms with Gasteiger partial charge in [0.15, 0.2) is 11.6 Å². The minimum Gasteiger partial charge on any atom is -0.487 e. The van der Waals surface area contributed by atoms with Crippen LogP contribution in [-0.2, 0) is 22.9 Å². The lowest BCUT2D eigenvalue weighted by Crippen LogP contribution is -2.48. The van der Waals surface area contributed by atoms with Gasteiger partial charge in [-0.05, 0) is 74.1 Å². The van der Waals surface area contributed by atoms with E-state index in [-0.39, 0.29) is 29.4 Å². The van der Waals surface area contributed by atoms with Crippen molar-refractivity contribution in [3.63, 3.8) is 0 Å². The van der Waals surface area contributed by atoms with Crippen molar-refractivity contribution in [1.82, 2.24) is 4.72 Å². The molecule has 0 aromatic heterocycles. The minimum absolute atomic E-state index is 0.00503. The Bertz CT molecular complexity index is 1320. The van der Waals surface area contributed by atoms with Crippen molar-refractivity contribution in [3.05, 3.63) is 95.1 Å². The highest BCUT2D eigenvalue weighted by atomic mass is 32.2. The van der Waals surface area contributed by atoms with Gasteiger partial charge < -0.3 is 9.47 Å². The number of nitrogens with one attached hydrogen (secondary N) is 1. The molecule has 1 aliphatic rings. The summed E-state index contributed by atoms with van der Waals surface area (Å²) in [5.41, 5.74) is -0.713. The van der Waals surface area contributed by atoms with Gasteiger partial charge in [-0.25, -0.2) is 17.7 Å². The monoisotopic (exact) mass is 571 g/mol. The number of benzene rings is 3. The molecule has 0 amide bonds. The summed E-state index contributed by atoms with van der Waals surface area (Å²) in [6.45, 7) is 3.35. The third-order valence-corrected chi connectivity index (χ3v) is 7.54. The average Bonchev–Trinajstić information content (AvgIpc) is 3.69. The van der Waals surface area contributed by atoms with E-state index in [1.54, 1.807) is 44.2 Å². The highest BCUT2D eigenvalue weighted by molar-refractivity contribution is 7.83. The molecule has 1 fully saturated rings. The van der Waals surface area contributed by atoms with Gasteiger partial charge in [0.1, 0.15) is 11.6 Å². The second-order valence-electron chi connectivity index (χ2n) is 9.62. The van der Waals surface area contributed by atoms with Gasteiger partial charge in [-0.2, -0.15) is 17.6 Å². The van der Waals surface area contributed by atoms with Gasteiger partial charge >= 0.3 is 12.5 Å². The molecule has 0 heterocycles. The predicted molar refractivity (Wildman–Crippen MR) is 135 cm³/mol. The van der Waals surface area contributed by atoms with E-state index in [4.69, 9.17) is 4.74 Å². The summed E-state index contributed by atoms with van der Waals surface area (Å²) in [6, 6.07) is 15.2. The maximum atomic E-state index is 14.9. The van der Waals surface area contributed by atoms with Gasteiger partial charge in [-0.15, -0.1) is 0 Å². The summed E-state index contributed by atoms with van der Waals surface area (Å²) in [4.78, 5) is 0. The molecule has 3 aromatic carbocycles. The van der Waals surface area contributed by atoms with Crippen LogP contribution in [0.2, 0.25) is 0 Å². The molecule has 4 rings (SSSR count). The Morgan fingerprint density at radius 2 is 1.67 bits per heavy atom. The molecule has 3 aromatic rings. The number of alkyl halides is 4. The van der Waals surface area contributed by atoms with Crippen molar-refractivity contribution in [2.75, 3.05) is 0 Å².